The standard InChI is InChI=1S/C5H9NO4S/c7-5(8)4-1-6(2-4)3-11(9)10/h4,11H,1-3H2,(H,7,8). The quantitative estimate of drug-likeness (QED) is 0.520. The normalized spacial score (nSPS) is 20.1. The molecule has 0 radical (unpaired) electrons. The van der Waals surface area contributed by atoms with Crippen LogP contribution >= 0.6 is 0 Å². The number of carbonyl (C=O) groups is 1. The monoisotopic (exact) mass is 179 g/mol. The molecule has 0 aromatic heterocycles. The number of rotatable bonds is 3. The highest BCUT2D eigenvalue weighted by Gasteiger charge is 2.32. The topological polar surface area (TPSA) is 74.7 Å². The number of thiol groups is 1. The van der Waals surface area contributed by atoms with E-state index in [9.17, 15) is 13.2 Å². The molecule has 0 aromatic rings. The summed E-state index contributed by atoms with van der Waals surface area (Å²) in [5, 5.41) is 8.41. The van der Waals surface area contributed by atoms with Gasteiger partial charge in [-0.2, -0.15) is 0 Å². The van der Waals surface area contributed by atoms with Gasteiger partial charge in [-0.15, -0.1) is 0 Å². The zero-order chi connectivity index (χ0) is 8.43. The molecule has 0 amide bonds. The van der Waals surface area contributed by atoms with Gasteiger partial charge >= 0.3 is 5.97 Å². The lowest BCUT2D eigenvalue weighted by Gasteiger charge is -2.34. The zero-order valence-electron chi connectivity index (χ0n) is 5.77. The van der Waals surface area contributed by atoms with Gasteiger partial charge in [-0.25, -0.2) is 8.42 Å². The molecule has 0 atom stereocenters. The predicted octanol–water partition coefficient (Wildman–Crippen LogP) is -1.43. The van der Waals surface area contributed by atoms with Crippen molar-refractivity contribution in [1.29, 1.82) is 0 Å². The van der Waals surface area contributed by atoms with E-state index in [4.69, 9.17) is 5.11 Å². The number of nitrogens with zero attached hydrogens (tertiary/aromatic N) is 1. The molecular formula is C5H9NO4S. The molecule has 1 aliphatic rings. The molecule has 0 aliphatic carbocycles. The van der Waals surface area contributed by atoms with Crippen LogP contribution in [0.3, 0.4) is 0 Å². The van der Waals surface area contributed by atoms with Crippen LogP contribution in [0.15, 0.2) is 0 Å². The molecule has 1 saturated heterocycles. The van der Waals surface area contributed by atoms with E-state index in [2.05, 4.69) is 0 Å². The number of aliphatic carboxylic acids is 1. The molecule has 0 spiro atoms. The maximum atomic E-state index is 10.2. The number of carboxylic acids is 1. The van der Waals surface area contributed by atoms with E-state index in [-0.39, 0.29) is 11.8 Å². The molecule has 11 heavy (non-hydrogen) atoms. The Morgan fingerprint density at radius 1 is 1.55 bits per heavy atom. The summed E-state index contributed by atoms with van der Waals surface area (Å²) >= 11 is 0. The van der Waals surface area contributed by atoms with Crippen LogP contribution in [0.4, 0.5) is 0 Å². The van der Waals surface area contributed by atoms with E-state index in [1.807, 2.05) is 0 Å². The third kappa shape index (κ3) is 2.16. The van der Waals surface area contributed by atoms with Crippen molar-refractivity contribution in [2.24, 2.45) is 5.92 Å². The summed E-state index contributed by atoms with van der Waals surface area (Å²) in [6.45, 7) is 0.720. The van der Waals surface area contributed by atoms with Crippen molar-refractivity contribution in [3.05, 3.63) is 0 Å². The van der Waals surface area contributed by atoms with E-state index >= 15 is 0 Å². The lowest BCUT2D eigenvalue weighted by molar-refractivity contribution is -0.147. The first-order chi connectivity index (χ1) is 5.09. The van der Waals surface area contributed by atoms with Crippen molar-refractivity contribution in [2.75, 3.05) is 19.0 Å². The molecule has 64 valence electrons. The third-order valence-corrected chi connectivity index (χ3v) is 2.25. The summed E-state index contributed by atoms with van der Waals surface area (Å²) in [5.41, 5.74) is 0. The van der Waals surface area contributed by atoms with Crippen molar-refractivity contribution >= 4 is 16.7 Å². The Balaban J connectivity index is 2.24. The molecule has 1 aliphatic heterocycles. The maximum Gasteiger partial charge on any atom is 0.309 e. The van der Waals surface area contributed by atoms with E-state index in [1.54, 1.807) is 4.90 Å². The van der Waals surface area contributed by atoms with Crippen LogP contribution in [0, 0.1) is 5.92 Å². The van der Waals surface area contributed by atoms with Crippen LogP contribution in [0.25, 0.3) is 0 Å². The van der Waals surface area contributed by atoms with E-state index in [0.29, 0.717) is 13.1 Å². The minimum Gasteiger partial charge on any atom is -0.481 e. The second kappa shape index (κ2) is 3.19. The first-order valence-corrected chi connectivity index (χ1v) is 4.53. The van der Waals surface area contributed by atoms with Gasteiger partial charge in [0.15, 0.2) is 10.7 Å². The van der Waals surface area contributed by atoms with Crippen LogP contribution < -0.4 is 0 Å². The Labute approximate surface area is 65.6 Å². The first-order valence-electron chi connectivity index (χ1n) is 3.16. The van der Waals surface area contributed by atoms with Gasteiger partial charge < -0.3 is 5.11 Å². The van der Waals surface area contributed by atoms with Crippen molar-refractivity contribution < 1.29 is 18.3 Å². The van der Waals surface area contributed by atoms with Crippen LogP contribution in [0.1, 0.15) is 0 Å². The fourth-order valence-corrected chi connectivity index (χ4v) is 1.56. The minimum atomic E-state index is -2.40. The Bertz CT molecular complexity index is 223. The molecule has 1 fully saturated rings. The van der Waals surface area contributed by atoms with E-state index < -0.39 is 16.7 Å². The highest BCUT2D eigenvalue weighted by atomic mass is 32.2. The van der Waals surface area contributed by atoms with Gasteiger partial charge in [-0.3, -0.25) is 9.69 Å². The minimum absolute atomic E-state index is 0.0148. The Hall–Kier alpha value is -0.620. The highest BCUT2D eigenvalue weighted by molar-refractivity contribution is 7.72. The predicted molar refractivity (Wildman–Crippen MR) is 37.9 cm³/mol. The Morgan fingerprint density at radius 2 is 2.09 bits per heavy atom. The fraction of sp³-hybridized carbons (Fsp3) is 0.800. The second-order valence-corrected chi connectivity index (χ2v) is 3.49. The van der Waals surface area contributed by atoms with Crippen molar-refractivity contribution in [1.82, 2.24) is 4.90 Å². The molecule has 1 rings (SSSR count). The Morgan fingerprint density at radius 3 is 2.45 bits per heavy atom. The van der Waals surface area contributed by atoms with E-state index in [0.717, 1.165) is 0 Å². The van der Waals surface area contributed by atoms with Gasteiger partial charge in [0, 0.05) is 13.1 Å². The summed E-state index contributed by atoms with van der Waals surface area (Å²) in [7, 11) is -2.40. The van der Waals surface area contributed by atoms with Crippen LogP contribution in [-0.4, -0.2) is 43.4 Å². The molecule has 1 N–H and O–H groups in total. The van der Waals surface area contributed by atoms with Crippen molar-refractivity contribution in [3.63, 3.8) is 0 Å². The number of carboxylic acid groups (broad SMARTS) is 1. The van der Waals surface area contributed by atoms with Gasteiger partial charge in [0.2, 0.25) is 0 Å². The fourth-order valence-electron chi connectivity index (χ4n) is 1.00. The molecular weight excluding hydrogens is 170 g/mol. The first kappa shape index (κ1) is 8.48. The van der Waals surface area contributed by atoms with Crippen LogP contribution in [0.5, 0.6) is 0 Å². The van der Waals surface area contributed by atoms with Gasteiger partial charge in [0.25, 0.3) is 0 Å². The molecule has 1 heterocycles. The second-order valence-electron chi connectivity index (χ2n) is 2.55. The number of hydrogen-bond donors (Lipinski definition) is 2. The molecule has 0 bridgehead atoms. The molecule has 6 heteroatoms. The molecule has 0 saturated carbocycles. The average molecular weight is 179 g/mol. The highest BCUT2D eigenvalue weighted by Crippen LogP contribution is 2.14. The number of hydrogen-bond acceptors (Lipinski definition) is 4. The summed E-state index contributed by atoms with van der Waals surface area (Å²) in [6, 6.07) is 0. The maximum absolute atomic E-state index is 10.2. The largest absolute Gasteiger partial charge is 0.481 e. The SMILES string of the molecule is O=C(O)C1CN(C[SH](=O)=O)C1. The lowest BCUT2D eigenvalue weighted by atomic mass is 10.0. The lowest BCUT2D eigenvalue weighted by Crippen LogP contribution is -2.50. The third-order valence-electron chi connectivity index (χ3n) is 1.62. The summed E-state index contributed by atoms with van der Waals surface area (Å²) < 4.78 is 20.3. The molecule has 0 unspecified atom stereocenters. The van der Waals surface area contributed by atoms with Gasteiger partial charge in [0.1, 0.15) is 0 Å². The molecule has 0 aromatic carbocycles. The van der Waals surface area contributed by atoms with Gasteiger partial charge in [0.05, 0.1) is 11.8 Å². The van der Waals surface area contributed by atoms with E-state index in [1.165, 1.54) is 0 Å². The van der Waals surface area contributed by atoms with Crippen molar-refractivity contribution in [3.8, 4) is 0 Å². The Kier molecular flexibility index (Phi) is 2.45. The van der Waals surface area contributed by atoms with Crippen molar-refractivity contribution in [2.45, 2.75) is 0 Å². The zero-order valence-corrected chi connectivity index (χ0v) is 6.66. The van der Waals surface area contributed by atoms with Crippen LogP contribution in [0.2, 0.25) is 0 Å². The summed E-state index contributed by atoms with van der Waals surface area (Å²) in [4.78, 5) is 11.8. The summed E-state index contributed by atoms with van der Waals surface area (Å²) in [6.07, 6.45) is 0. The van der Waals surface area contributed by atoms with Gasteiger partial charge in [-0.1, -0.05) is 0 Å². The average Bonchev–Trinajstić information content (AvgIpc) is 1.75. The molecule has 5 nitrogen and oxygen atoms in total. The smallest absolute Gasteiger partial charge is 0.309 e. The van der Waals surface area contributed by atoms with Crippen LogP contribution in [-0.2, 0) is 15.5 Å². The van der Waals surface area contributed by atoms with Gasteiger partial charge in [-0.05, 0) is 0 Å². The summed E-state index contributed by atoms with van der Waals surface area (Å²) in [5.74, 6) is -1.23. The number of likely N-dealkylation sites (tertiary alicyclic amines) is 1.